The number of amides is 1. The SMILES string of the molecule is Cc1cc(C)n(-c2ccccc2NC(=O)C2CCCC2O)n1. The van der Waals surface area contributed by atoms with Crippen LogP contribution in [0.1, 0.15) is 30.7 Å². The monoisotopic (exact) mass is 299 g/mol. The van der Waals surface area contributed by atoms with E-state index in [0.717, 1.165) is 35.6 Å². The predicted molar refractivity (Wildman–Crippen MR) is 85.0 cm³/mol. The molecule has 1 fully saturated rings. The van der Waals surface area contributed by atoms with Crippen LogP contribution in [0.3, 0.4) is 0 Å². The molecule has 1 aromatic heterocycles. The van der Waals surface area contributed by atoms with Crippen molar-refractivity contribution >= 4 is 11.6 Å². The van der Waals surface area contributed by atoms with Crippen LogP contribution in [0.4, 0.5) is 5.69 Å². The summed E-state index contributed by atoms with van der Waals surface area (Å²) in [5, 5.41) is 17.3. The number of nitrogens with zero attached hydrogens (tertiary/aromatic N) is 2. The molecule has 2 N–H and O–H groups in total. The minimum atomic E-state index is -0.527. The summed E-state index contributed by atoms with van der Waals surface area (Å²) in [6.07, 6.45) is 1.82. The molecule has 1 aliphatic rings. The number of hydrogen-bond acceptors (Lipinski definition) is 3. The summed E-state index contributed by atoms with van der Waals surface area (Å²) in [7, 11) is 0. The van der Waals surface area contributed by atoms with Crippen molar-refractivity contribution in [2.75, 3.05) is 5.32 Å². The Kier molecular flexibility index (Phi) is 3.98. The molecule has 5 heteroatoms. The Morgan fingerprint density at radius 1 is 1.32 bits per heavy atom. The van der Waals surface area contributed by atoms with Crippen molar-refractivity contribution in [3.63, 3.8) is 0 Å². The van der Waals surface area contributed by atoms with Crippen molar-refractivity contribution in [1.82, 2.24) is 9.78 Å². The van der Waals surface area contributed by atoms with Crippen LogP contribution >= 0.6 is 0 Å². The van der Waals surface area contributed by atoms with Crippen molar-refractivity contribution in [2.45, 2.75) is 39.2 Å². The molecule has 5 nitrogen and oxygen atoms in total. The molecule has 1 aliphatic carbocycles. The highest BCUT2D eigenvalue weighted by atomic mass is 16.3. The molecule has 2 atom stereocenters. The van der Waals surface area contributed by atoms with Gasteiger partial charge in [-0.05, 0) is 51.3 Å². The largest absolute Gasteiger partial charge is 0.392 e. The molecule has 2 aromatic rings. The normalized spacial score (nSPS) is 21.0. The van der Waals surface area contributed by atoms with Gasteiger partial charge in [-0.15, -0.1) is 0 Å². The lowest BCUT2D eigenvalue weighted by Gasteiger charge is -2.17. The van der Waals surface area contributed by atoms with Crippen LogP contribution < -0.4 is 5.32 Å². The quantitative estimate of drug-likeness (QED) is 0.915. The molecule has 0 bridgehead atoms. The average molecular weight is 299 g/mol. The number of rotatable bonds is 3. The van der Waals surface area contributed by atoms with Gasteiger partial charge in [0, 0.05) is 5.69 Å². The Bertz CT molecular complexity index is 693. The van der Waals surface area contributed by atoms with Crippen LogP contribution in [0.15, 0.2) is 30.3 Å². The number of aliphatic hydroxyl groups excluding tert-OH is 1. The Morgan fingerprint density at radius 2 is 2.09 bits per heavy atom. The first kappa shape index (κ1) is 14.8. The number of aliphatic hydroxyl groups is 1. The summed E-state index contributed by atoms with van der Waals surface area (Å²) in [6.45, 7) is 3.93. The number of aromatic nitrogens is 2. The number of benzene rings is 1. The maximum atomic E-state index is 12.4. The molecule has 0 saturated heterocycles. The lowest BCUT2D eigenvalue weighted by molar-refractivity contribution is -0.122. The zero-order valence-corrected chi connectivity index (χ0v) is 12.9. The maximum absolute atomic E-state index is 12.4. The van der Waals surface area contributed by atoms with E-state index in [1.807, 2.05) is 48.9 Å². The fourth-order valence-electron chi connectivity index (χ4n) is 3.11. The van der Waals surface area contributed by atoms with Crippen molar-refractivity contribution in [3.8, 4) is 5.69 Å². The minimum absolute atomic E-state index is 0.112. The molecule has 0 spiro atoms. The Balaban J connectivity index is 1.89. The zero-order chi connectivity index (χ0) is 15.7. The van der Waals surface area contributed by atoms with Gasteiger partial charge >= 0.3 is 0 Å². The van der Waals surface area contributed by atoms with Crippen molar-refractivity contribution in [2.24, 2.45) is 5.92 Å². The highest BCUT2D eigenvalue weighted by molar-refractivity contribution is 5.95. The van der Waals surface area contributed by atoms with E-state index in [1.165, 1.54) is 0 Å². The van der Waals surface area contributed by atoms with Gasteiger partial charge in [0.05, 0.1) is 29.1 Å². The van der Waals surface area contributed by atoms with E-state index < -0.39 is 6.10 Å². The Labute approximate surface area is 130 Å². The Morgan fingerprint density at radius 3 is 2.73 bits per heavy atom. The fraction of sp³-hybridized carbons (Fsp3) is 0.412. The first-order chi connectivity index (χ1) is 10.6. The summed E-state index contributed by atoms with van der Waals surface area (Å²) in [5.74, 6) is -0.424. The van der Waals surface area contributed by atoms with E-state index in [4.69, 9.17) is 0 Å². The fourth-order valence-corrected chi connectivity index (χ4v) is 3.11. The first-order valence-electron chi connectivity index (χ1n) is 7.68. The summed E-state index contributed by atoms with van der Waals surface area (Å²) in [5.41, 5.74) is 3.51. The van der Waals surface area contributed by atoms with Gasteiger partial charge < -0.3 is 10.4 Å². The maximum Gasteiger partial charge on any atom is 0.230 e. The molecule has 3 rings (SSSR count). The van der Waals surface area contributed by atoms with Gasteiger partial charge in [-0.25, -0.2) is 4.68 Å². The van der Waals surface area contributed by atoms with Gasteiger partial charge in [-0.3, -0.25) is 4.79 Å². The standard InChI is InChI=1S/C17H21N3O2/c1-11-10-12(2)20(19-11)15-8-4-3-7-14(15)18-17(22)13-6-5-9-16(13)21/h3-4,7-8,10,13,16,21H,5-6,9H2,1-2H3,(H,18,22). The van der Waals surface area contributed by atoms with Crippen LogP contribution in [0.25, 0.3) is 5.69 Å². The van der Waals surface area contributed by atoms with Crippen LogP contribution in [0, 0.1) is 19.8 Å². The van der Waals surface area contributed by atoms with Crippen molar-refractivity contribution in [3.05, 3.63) is 41.7 Å². The van der Waals surface area contributed by atoms with Crippen LogP contribution in [0.5, 0.6) is 0 Å². The summed E-state index contributed by atoms with van der Waals surface area (Å²) in [6, 6.07) is 9.60. The highest BCUT2D eigenvalue weighted by Crippen LogP contribution is 2.28. The van der Waals surface area contributed by atoms with Gasteiger partial charge in [0.15, 0.2) is 0 Å². The third-order valence-corrected chi connectivity index (χ3v) is 4.22. The molecular weight excluding hydrogens is 278 g/mol. The Hall–Kier alpha value is -2.14. The molecule has 1 amide bonds. The average Bonchev–Trinajstić information content (AvgIpc) is 3.05. The number of aryl methyl sites for hydroxylation is 2. The number of anilines is 1. The molecule has 1 aromatic carbocycles. The molecule has 1 saturated carbocycles. The number of carbonyl (C=O) groups is 1. The second-order valence-corrected chi connectivity index (χ2v) is 5.95. The van der Waals surface area contributed by atoms with E-state index in [1.54, 1.807) is 0 Å². The van der Waals surface area contributed by atoms with Gasteiger partial charge in [0.2, 0.25) is 5.91 Å². The van der Waals surface area contributed by atoms with Crippen LogP contribution in [0.2, 0.25) is 0 Å². The van der Waals surface area contributed by atoms with Gasteiger partial charge in [-0.2, -0.15) is 5.10 Å². The number of para-hydroxylation sites is 2. The smallest absolute Gasteiger partial charge is 0.230 e. The lowest BCUT2D eigenvalue weighted by atomic mass is 10.1. The second kappa shape index (κ2) is 5.93. The van der Waals surface area contributed by atoms with Gasteiger partial charge in [0.1, 0.15) is 0 Å². The summed E-state index contributed by atoms with van der Waals surface area (Å²) in [4.78, 5) is 12.4. The molecule has 2 unspecified atom stereocenters. The summed E-state index contributed by atoms with van der Waals surface area (Å²) >= 11 is 0. The van der Waals surface area contributed by atoms with Crippen molar-refractivity contribution in [1.29, 1.82) is 0 Å². The highest BCUT2D eigenvalue weighted by Gasteiger charge is 2.31. The molecule has 0 aliphatic heterocycles. The molecule has 22 heavy (non-hydrogen) atoms. The van der Waals surface area contributed by atoms with E-state index in [2.05, 4.69) is 10.4 Å². The third kappa shape index (κ3) is 2.76. The number of nitrogens with one attached hydrogen (secondary N) is 1. The first-order valence-corrected chi connectivity index (χ1v) is 7.68. The van der Waals surface area contributed by atoms with E-state index in [9.17, 15) is 9.90 Å². The topological polar surface area (TPSA) is 67.2 Å². The minimum Gasteiger partial charge on any atom is -0.392 e. The van der Waals surface area contributed by atoms with Gasteiger partial charge in [0.25, 0.3) is 0 Å². The van der Waals surface area contributed by atoms with Crippen LogP contribution in [-0.4, -0.2) is 26.9 Å². The number of carbonyl (C=O) groups excluding carboxylic acids is 1. The summed E-state index contributed by atoms with van der Waals surface area (Å²) < 4.78 is 1.83. The van der Waals surface area contributed by atoms with E-state index in [0.29, 0.717) is 6.42 Å². The van der Waals surface area contributed by atoms with E-state index >= 15 is 0 Å². The zero-order valence-electron chi connectivity index (χ0n) is 12.9. The molecular formula is C17H21N3O2. The third-order valence-electron chi connectivity index (χ3n) is 4.22. The number of hydrogen-bond donors (Lipinski definition) is 2. The van der Waals surface area contributed by atoms with Crippen LogP contribution in [-0.2, 0) is 4.79 Å². The molecule has 116 valence electrons. The molecule has 1 heterocycles. The van der Waals surface area contributed by atoms with Gasteiger partial charge in [-0.1, -0.05) is 12.1 Å². The van der Waals surface area contributed by atoms with Crippen molar-refractivity contribution < 1.29 is 9.90 Å². The molecule has 0 radical (unpaired) electrons. The van der Waals surface area contributed by atoms with E-state index in [-0.39, 0.29) is 11.8 Å². The second-order valence-electron chi connectivity index (χ2n) is 5.95. The lowest BCUT2D eigenvalue weighted by Crippen LogP contribution is -2.29. The predicted octanol–water partition coefficient (Wildman–Crippen LogP) is 2.59.